The third kappa shape index (κ3) is 1.03. The Bertz CT molecular complexity index is 200. The van der Waals surface area contributed by atoms with Crippen molar-refractivity contribution in [2.45, 2.75) is 25.3 Å². The fourth-order valence-electron chi connectivity index (χ4n) is 1.02. The second kappa shape index (κ2) is 2.56. The number of hydrogen-bond acceptors (Lipinski definition) is 3. The zero-order chi connectivity index (χ0) is 7.56. The van der Waals surface area contributed by atoms with Crippen LogP contribution in [0.3, 0.4) is 0 Å². The molecule has 10 heavy (non-hydrogen) atoms. The lowest BCUT2D eigenvalue weighted by atomic mass is 9.94. The number of Topliss-reactive ketones (excluding diaryl/α,β-unsaturated/α-hetero) is 2. The molecule has 1 fully saturated rings. The largest absolute Gasteiger partial charge is 0.427 e. The fourth-order valence-corrected chi connectivity index (χ4v) is 1.02. The first-order valence-corrected chi connectivity index (χ1v) is 3.15. The van der Waals surface area contributed by atoms with E-state index in [1.165, 1.54) is 0 Å². The molecule has 1 aliphatic carbocycles. The van der Waals surface area contributed by atoms with E-state index in [4.69, 9.17) is 5.39 Å². The van der Waals surface area contributed by atoms with E-state index in [9.17, 15) is 9.59 Å². The van der Waals surface area contributed by atoms with Crippen LogP contribution in [0.2, 0.25) is 0 Å². The summed E-state index contributed by atoms with van der Waals surface area (Å²) in [4.78, 5) is 24.2. The van der Waals surface area contributed by atoms with Crippen LogP contribution in [0.1, 0.15) is 19.3 Å². The topological polar surface area (TPSA) is 62.3 Å². The normalized spacial score (nSPS) is 20.7. The Morgan fingerprint density at radius 1 is 1.30 bits per heavy atom. The fraction of sp³-hybridized carbons (Fsp3) is 0.667. The summed E-state index contributed by atoms with van der Waals surface area (Å²) in [5.74, 6) is -0.530. The average molecular weight is 139 g/mol. The van der Waals surface area contributed by atoms with E-state index in [1.54, 1.807) is 0 Å². The molecular weight excluding hydrogens is 132 g/mol. The minimum atomic E-state index is -1.08. The van der Waals surface area contributed by atoms with E-state index >= 15 is 0 Å². The van der Waals surface area contributed by atoms with Gasteiger partial charge in [0.15, 0.2) is 0 Å². The predicted octanol–water partition coefficient (Wildman–Crippen LogP) is 0.530. The summed E-state index contributed by atoms with van der Waals surface area (Å²) in [6, 6.07) is -1.08. The zero-order valence-corrected chi connectivity index (χ0v) is 5.41. The van der Waals surface area contributed by atoms with Crippen molar-refractivity contribution >= 4 is 11.6 Å². The average Bonchev–Trinajstić information content (AvgIpc) is 1.88. The highest BCUT2D eigenvalue weighted by atomic mass is 16.2. The summed E-state index contributed by atoms with van der Waals surface area (Å²) in [5.41, 5.74) is 0. The first-order valence-electron chi connectivity index (χ1n) is 3.15. The predicted molar refractivity (Wildman–Crippen MR) is 32.7 cm³/mol. The number of carbonyl (C=O) groups is 2. The van der Waals surface area contributed by atoms with Crippen molar-refractivity contribution in [1.29, 1.82) is 5.39 Å². The summed E-state index contributed by atoms with van der Waals surface area (Å²) in [5, 5.41) is 8.22. The number of diazo groups is 1. The second-order valence-corrected chi connectivity index (χ2v) is 2.30. The Balaban J connectivity index is 2.74. The maximum atomic E-state index is 10.8. The molecule has 4 nitrogen and oxygen atoms in total. The molecule has 0 bridgehead atoms. The lowest BCUT2D eigenvalue weighted by Gasteiger charge is -2.03. The van der Waals surface area contributed by atoms with Crippen molar-refractivity contribution < 1.29 is 9.59 Å². The van der Waals surface area contributed by atoms with Gasteiger partial charge < -0.3 is 0 Å². The summed E-state index contributed by atoms with van der Waals surface area (Å²) in [6.45, 7) is 0. The first kappa shape index (κ1) is 6.87. The minimum Gasteiger partial charge on any atom is -0.290 e. The van der Waals surface area contributed by atoms with E-state index in [1.807, 2.05) is 0 Å². The van der Waals surface area contributed by atoms with Crippen molar-refractivity contribution in [2.24, 2.45) is 0 Å². The number of hydrogen-bond donors (Lipinski definition) is 0. The van der Waals surface area contributed by atoms with Crippen LogP contribution < -0.4 is 0 Å². The standard InChI is InChI=1S/C6H7N2O2/c7-8-6-4(9)2-1-3-5(6)10/h6H,1-3H2/q+1. The van der Waals surface area contributed by atoms with E-state index in [-0.39, 0.29) is 11.6 Å². The van der Waals surface area contributed by atoms with Gasteiger partial charge in [-0.05, 0) is 6.42 Å². The molecule has 0 atom stereocenters. The summed E-state index contributed by atoms with van der Waals surface area (Å²) >= 11 is 0. The minimum absolute atomic E-state index is 0.265. The van der Waals surface area contributed by atoms with E-state index < -0.39 is 6.04 Å². The van der Waals surface area contributed by atoms with Gasteiger partial charge in [-0.25, -0.2) is 0 Å². The maximum Gasteiger partial charge on any atom is 0.427 e. The third-order valence-corrected chi connectivity index (χ3v) is 1.57. The lowest BCUT2D eigenvalue weighted by Crippen LogP contribution is -2.30. The van der Waals surface area contributed by atoms with Crippen molar-refractivity contribution in [1.82, 2.24) is 0 Å². The Labute approximate surface area is 57.8 Å². The van der Waals surface area contributed by atoms with Gasteiger partial charge in [-0.1, -0.05) is 0 Å². The molecule has 1 rings (SSSR count). The molecule has 0 heterocycles. The van der Waals surface area contributed by atoms with Gasteiger partial charge in [0.2, 0.25) is 17.0 Å². The van der Waals surface area contributed by atoms with E-state index in [0.29, 0.717) is 19.3 Å². The van der Waals surface area contributed by atoms with Gasteiger partial charge in [-0.2, -0.15) is 0 Å². The van der Waals surface area contributed by atoms with Crippen LogP contribution in [-0.4, -0.2) is 17.6 Å². The van der Waals surface area contributed by atoms with E-state index in [2.05, 4.69) is 4.98 Å². The van der Waals surface area contributed by atoms with Crippen LogP contribution in [0.15, 0.2) is 0 Å². The van der Waals surface area contributed by atoms with Crippen molar-refractivity contribution in [3.63, 3.8) is 0 Å². The number of carbonyl (C=O) groups excluding carboxylic acids is 2. The molecule has 0 unspecified atom stereocenters. The smallest absolute Gasteiger partial charge is 0.290 e. The zero-order valence-electron chi connectivity index (χ0n) is 5.41. The molecule has 4 heteroatoms. The van der Waals surface area contributed by atoms with Crippen molar-refractivity contribution in [3.8, 4) is 0 Å². The number of nitrogens with zero attached hydrogens (tertiary/aromatic N) is 2. The highest BCUT2D eigenvalue weighted by Crippen LogP contribution is 2.13. The molecule has 1 aliphatic rings. The van der Waals surface area contributed by atoms with E-state index in [0.717, 1.165) is 0 Å². The van der Waals surface area contributed by atoms with Gasteiger partial charge in [0, 0.05) is 12.8 Å². The molecular formula is C6H7N2O2+. The number of ketones is 2. The van der Waals surface area contributed by atoms with Gasteiger partial charge in [-0.15, -0.1) is 0 Å². The quantitative estimate of drug-likeness (QED) is 0.363. The molecule has 0 saturated heterocycles. The third-order valence-electron chi connectivity index (χ3n) is 1.57. The first-order chi connectivity index (χ1) is 4.75. The Kier molecular flexibility index (Phi) is 1.76. The molecule has 0 amide bonds. The monoisotopic (exact) mass is 139 g/mol. The Morgan fingerprint density at radius 2 is 1.80 bits per heavy atom. The molecule has 0 aromatic carbocycles. The van der Waals surface area contributed by atoms with Crippen LogP contribution in [0.5, 0.6) is 0 Å². The van der Waals surface area contributed by atoms with Gasteiger partial charge in [0.25, 0.3) is 0 Å². The van der Waals surface area contributed by atoms with Crippen LogP contribution in [0.4, 0.5) is 0 Å². The molecule has 0 spiro atoms. The molecule has 0 N–H and O–H groups in total. The lowest BCUT2D eigenvalue weighted by molar-refractivity contribution is -0.130. The van der Waals surface area contributed by atoms with Crippen LogP contribution in [0.25, 0.3) is 4.98 Å². The van der Waals surface area contributed by atoms with Crippen molar-refractivity contribution in [2.75, 3.05) is 0 Å². The summed E-state index contributed by atoms with van der Waals surface area (Å²) < 4.78 is 0. The van der Waals surface area contributed by atoms with Gasteiger partial charge in [0.1, 0.15) is 4.98 Å². The Hall–Kier alpha value is -1.24. The van der Waals surface area contributed by atoms with Gasteiger partial charge in [-0.3, -0.25) is 9.59 Å². The summed E-state index contributed by atoms with van der Waals surface area (Å²) in [7, 11) is 0. The molecule has 0 radical (unpaired) electrons. The Morgan fingerprint density at radius 3 is 2.10 bits per heavy atom. The molecule has 0 aromatic heterocycles. The second-order valence-electron chi connectivity index (χ2n) is 2.30. The molecule has 0 aliphatic heterocycles. The van der Waals surface area contributed by atoms with Gasteiger partial charge in [0.05, 0.1) is 0 Å². The van der Waals surface area contributed by atoms with Gasteiger partial charge >= 0.3 is 6.04 Å². The van der Waals surface area contributed by atoms with Crippen LogP contribution in [-0.2, 0) is 9.59 Å². The highest BCUT2D eigenvalue weighted by Gasteiger charge is 2.40. The van der Waals surface area contributed by atoms with Crippen LogP contribution in [0, 0.1) is 5.39 Å². The molecule has 0 aromatic rings. The number of rotatable bonds is 0. The highest BCUT2D eigenvalue weighted by molar-refractivity contribution is 6.09. The molecule has 52 valence electrons. The maximum absolute atomic E-state index is 10.8. The summed E-state index contributed by atoms with van der Waals surface area (Å²) in [6.07, 6.45) is 1.32. The SMILES string of the molecule is N#[N+]C1C(=O)CCCC1=O. The van der Waals surface area contributed by atoms with Crippen LogP contribution >= 0.6 is 0 Å². The molecule has 1 saturated carbocycles. The van der Waals surface area contributed by atoms with Crippen molar-refractivity contribution in [3.05, 3.63) is 4.98 Å².